The Bertz CT molecular complexity index is 666. The van der Waals surface area contributed by atoms with E-state index in [-0.39, 0.29) is 5.97 Å². The minimum absolute atomic E-state index is 0.348. The molecule has 0 fully saturated rings. The number of rotatable bonds is 4. The van der Waals surface area contributed by atoms with Gasteiger partial charge in [0.15, 0.2) is 0 Å². The molecule has 0 bridgehead atoms. The number of ether oxygens (including phenoxy) is 1. The van der Waals surface area contributed by atoms with Crippen molar-refractivity contribution >= 4 is 23.0 Å². The lowest BCUT2D eigenvalue weighted by Gasteiger charge is -2.14. The topological polar surface area (TPSA) is 64.3 Å². The molecule has 0 saturated heterocycles. The van der Waals surface area contributed by atoms with Crippen LogP contribution in [0.25, 0.3) is 0 Å². The summed E-state index contributed by atoms with van der Waals surface area (Å²) in [7, 11) is 0. The van der Waals surface area contributed by atoms with Crippen molar-refractivity contribution in [1.82, 2.24) is 0 Å². The van der Waals surface area contributed by atoms with Crippen molar-refractivity contribution in [3.8, 4) is 0 Å². The minimum atomic E-state index is -0.359. The molecule has 2 aromatic carbocycles. The molecule has 0 atom stereocenters. The van der Waals surface area contributed by atoms with Crippen LogP contribution in [0.3, 0.4) is 0 Å². The second kappa shape index (κ2) is 6.31. The van der Waals surface area contributed by atoms with Crippen molar-refractivity contribution in [2.45, 2.75) is 20.8 Å². The fourth-order valence-electron chi connectivity index (χ4n) is 2.05. The lowest BCUT2D eigenvalue weighted by atomic mass is 10.1. The Morgan fingerprint density at radius 3 is 2.62 bits per heavy atom. The molecule has 0 spiro atoms. The molecule has 0 unspecified atom stereocenters. The van der Waals surface area contributed by atoms with E-state index in [2.05, 4.69) is 25.2 Å². The van der Waals surface area contributed by atoms with E-state index in [9.17, 15) is 4.79 Å². The summed E-state index contributed by atoms with van der Waals surface area (Å²) in [5, 5.41) is 3.30. The molecule has 0 aliphatic rings. The number of carbonyl (C=O) groups excluding carboxylic acids is 1. The van der Waals surface area contributed by atoms with Crippen LogP contribution in [0.15, 0.2) is 36.4 Å². The Labute approximate surface area is 124 Å². The van der Waals surface area contributed by atoms with Gasteiger partial charge in [-0.2, -0.15) is 0 Å². The van der Waals surface area contributed by atoms with E-state index in [4.69, 9.17) is 10.5 Å². The molecule has 110 valence electrons. The van der Waals surface area contributed by atoms with Crippen LogP contribution in [0.2, 0.25) is 0 Å². The van der Waals surface area contributed by atoms with Gasteiger partial charge in [0, 0.05) is 5.69 Å². The van der Waals surface area contributed by atoms with Crippen molar-refractivity contribution in [3.05, 3.63) is 53.1 Å². The number of nitrogen functional groups attached to an aromatic ring is 1. The van der Waals surface area contributed by atoms with Crippen LogP contribution in [0, 0.1) is 13.8 Å². The van der Waals surface area contributed by atoms with Crippen molar-refractivity contribution in [3.63, 3.8) is 0 Å². The number of hydrogen-bond donors (Lipinski definition) is 2. The third-order valence-corrected chi connectivity index (χ3v) is 3.44. The quantitative estimate of drug-likeness (QED) is 0.662. The van der Waals surface area contributed by atoms with E-state index in [0.29, 0.717) is 17.9 Å². The van der Waals surface area contributed by atoms with E-state index in [1.807, 2.05) is 12.1 Å². The molecule has 0 heterocycles. The van der Waals surface area contributed by atoms with Crippen LogP contribution in [0.1, 0.15) is 28.4 Å². The smallest absolute Gasteiger partial charge is 0.338 e. The summed E-state index contributed by atoms with van der Waals surface area (Å²) in [5.41, 5.74) is 11.2. The van der Waals surface area contributed by atoms with Crippen LogP contribution in [0.5, 0.6) is 0 Å². The van der Waals surface area contributed by atoms with Crippen LogP contribution in [0.4, 0.5) is 17.1 Å². The van der Waals surface area contributed by atoms with Gasteiger partial charge in [0.1, 0.15) is 0 Å². The molecule has 0 aliphatic heterocycles. The van der Waals surface area contributed by atoms with Crippen LogP contribution in [-0.4, -0.2) is 12.6 Å². The van der Waals surface area contributed by atoms with Crippen molar-refractivity contribution in [1.29, 1.82) is 0 Å². The van der Waals surface area contributed by atoms with Gasteiger partial charge in [0.05, 0.1) is 23.5 Å². The first-order valence-corrected chi connectivity index (χ1v) is 6.92. The van der Waals surface area contributed by atoms with Gasteiger partial charge < -0.3 is 15.8 Å². The maximum absolute atomic E-state index is 11.7. The zero-order chi connectivity index (χ0) is 15.4. The highest BCUT2D eigenvalue weighted by Gasteiger charge is 2.10. The summed E-state index contributed by atoms with van der Waals surface area (Å²) in [6.07, 6.45) is 0. The number of aryl methyl sites for hydroxylation is 1. The largest absolute Gasteiger partial charge is 0.462 e. The van der Waals surface area contributed by atoms with Crippen LogP contribution < -0.4 is 11.1 Å². The number of esters is 1. The lowest BCUT2D eigenvalue weighted by Crippen LogP contribution is -2.06. The van der Waals surface area contributed by atoms with Gasteiger partial charge in [-0.1, -0.05) is 12.1 Å². The summed E-state index contributed by atoms with van der Waals surface area (Å²) in [5.74, 6) is -0.359. The summed E-state index contributed by atoms with van der Waals surface area (Å²) in [4.78, 5) is 11.7. The second-order valence-corrected chi connectivity index (χ2v) is 4.89. The minimum Gasteiger partial charge on any atom is -0.462 e. The highest BCUT2D eigenvalue weighted by atomic mass is 16.5. The fraction of sp³-hybridized carbons (Fsp3) is 0.235. The van der Waals surface area contributed by atoms with Gasteiger partial charge in [-0.05, 0) is 56.2 Å². The van der Waals surface area contributed by atoms with E-state index in [1.54, 1.807) is 25.1 Å². The standard InChI is InChI=1S/C17H20N2O2/c1-4-21-17(20)13-8-9-16(14(18)10-13)19-15-7-5-6-11(2)12(15)3/h5-10,19H,4,18H2,1-3H3. The number of carbonyl (C=O) groups is 1. The average Bonchev–Trinajstić information content (AvgIpc) is 2.46. The Morgan fingerprint density at radius 1 is 1.19 bits per heavy atom. The third kappa shape index (κ3) is 3.34. The Kier molecular flexibility index (Phi) is 4.48. The van der Waals surface area contributed by atoms with Gasteiger partial charge in [-0.3, -0.25) is 0 Å². The van der Waals surface area contributed by atoms with Gasteiger partial charge in [-0.25, -0.2) is 4.79 Å². The molecule has 4 nitrogen and oxygen atoms in total. The summed E-state index contributed by atoms with van der Waals surface area (Å²) in [6.45, 7) is 6.24. The number of nitrogens with one attached hydrogen (secondary N) is 1. The molecular formula is C17H20N2O2. The molecule has 0 aliphatic carbocycles. The SMILES string of the molecule is CCOC(=O)c1ccc(Nc2cccc(C)c2C)c(N)c1. The van der Waals surface area contributed by atoms with E-state index < -0.39 is 0 Å². The molecular weight excluding hydrogens is 264 g/mol. The second-order valence-electron chi connectivity index (χ2n) is 4.89. The Morgan fingerprint density at radius 2 is 1.95 bits per heavy atom. The summed E-state index contributed by atoms with van der Waals surface area (Å²) in [6, 6.07) is 11.2. The Hall–Kier alpha value is -2.49. The van der Waals surface area contributed by atoms with Gasteiger partial charge in [0.25, 0.3) is 0 Å². The number of anilines is 3. The normalized spacial score (nSPS) is 10.2. The zero-order valence-corrected chi connectivity index (χ0v) is 12.6. The maximum Gasteiger partial charge on any atom is 0.338 e. The van der Waals surface area contributed by atoms with Gasteiger partial charge >= 0.3 is 5.97 Å². The molecule has 0 saturated carbocycles. The predicted octanol–water partition coefficient (Wildman–Crippen LogP) is 3.81. The highest BCUT2D eigenvalue weighted by molar-refractivity contribution is 5.92. The van der Waals surface area contributed by atoms with Crippen LogP contribution >= 0.6 is 0 Å². The van der Waals surface area contributed by atoms with E-state index >= 15 is 0 Å². The number of nitrogens with two attached hydrogens (primary N) is 1. The third-order valence-electron chi connectivity index (χ3n) is 3.44. The summed E-state index contributed by atoms with van der Waals surface area (Å²) < 4.78 is 4.96. The van der Waals surface area contributed by atoms with Crippen molar-refractivity contribution in [2.24, 2.45) is 0 Å². The zero-order valence-electron chi connectivity index (χ0n) is 12.6. The molecule has 2 rings (SSSR count). The molecule has 3 N–H and O–H groups in total. The Balaban J connectivity index is 2.25. The van der Waals surface area contributed by atoms with Crippen molar-refractivity contribution in [2.75, 3.05) is 17.7 Å². The fourth-order valence-corrected chi connectivity index (χ4v) is 2.05. The highest BCUT2D eigenvalue weighted by Crippen LogP contribution is 2.27. The van der Waals surface area contributed by atoms with Crippen molar-refractivity contribution < 1.29 is 9.53 Å². The van der Waals surface area contributed by atoms with Gasteiger partial charge in [-0.15, -0.1) is 0 Å². The lowest BCUT2D eigenvalue weighted by molar-refractivity contribution is 0.0526. The number of benzene rings is 2. The predicted molar refractivity (Wildman–Crippen MR) is 86.0 cm³/mol. The first-order valence-electron chi connectivity index (χ1n) is 6.92. The van der Waals surface area contributed by atoms with Crippen LogP contribution in [-0.2, 0) is 4.74 Å². The summed E-state index contributed by atoms with van der Waals surface area (Å²) >= 11 is 0. The molecule has 4 heteroatoms. The molecule has 2 aromatic rings. The molecule has 0 aromatic heterocycles. The average molecular weight is 284 g/mol. The first kappa shape index (κ1) is 14.9. The first-order chi connectivity index (χ1) is 10.0. The molecule has 0 radical (unpaired) electrons. The van der Waals surface area contributed by atoms with Gasteiger partial charge in [0.2, 0.25) is 0 Å². The van der Waals surface area contributed by atoms with E-state index in [1.165, 1.54) is 11.1 Å². The molecule has 21 heavy (non-hydrogen) atoms. The monoisotopic (exact) mass is 284 g/mol. The molecule has 0 amide bonds. The maximum atomic E-state index is 11.7. The van der Waals surface area contributed by atoms with E-state index in [0.717, 1.165) is 11.4 Å². The number of hydrogen-bond acceptors (Lipinski definition) is 4.